The summed E-state index contributed by atoms with van der Waals surface area (Å²) < 4.78 is 17.1. The second-order valence-corrected chi connectivity index (χ2v) is 15.4. The number of hydrogen-bond acceptors (Lipinski definition) is 8. The summed E-state index contributed by atoms with van der Waals surface area (Å²) in [5.74, 6) is -1.95. The Morgan fingerprint density at radius 2 is 1.77 bits per heavy atom. The van der Waals surface area contributed by atoms with Crippen LogP contribution in [0.1, 0.15) is 93.4 Å². The summed E-state index contributed by atoms with van der Waals surface area (Å²) in [5.41, 5.74) is -0.486. The van der Waals surface area contributed by atoms with Crippen LogP contribution in [0, 0.1) is 23.7 Å². The van der Waals surface area contributed by atoms with Crippen molar-refractivity contribution in [2.24, 2.45) is 23.7 Å². The van der Waals surface area contributed by atoms with Gasteiger partial charge in [0.2, 0.25) is 11.8 Å². The molecule has 262 valence electrons. The molecule has 0 bridgehead atoms. The van der Waals surface area contributed by atoms with E-state index in [2.05, 4.69) is 5.32 Å². The summed E-state index contributed by atoms with van der Waals surface area (Å²) in [7, 11) is 1.62. The molecule has 4 atom stereocenters. The standard InChI is InChI=1S/C36H55N3O8/c1-22(2)16-26(21-40)37-31(41)23-17-24(19-25(18-23)33(43)47-35(3,4)5)32(42)39(27-10-11-27)28-12-13-30-29(20-28)38(14-9-15-45-8)34(44)36(6,7)46-30/h12-13,20,22-27,40H,9-11,14-19,21H2,1-8H3,(H,37,41)/t23-,24+,25?,26?/m0/s1. The van der Waals surface area contributed by atoms with E-state index in [0.717, 1.165) is 12.8 Å². The zero-order chi connectivity index (χ0) is 34.7. The van der Waals surface area contributed by atoms with Gasteiger partial charge in [0.1, 0.15) is 11.4 Å². The van der Waals surface area contributed by atoms with E-state index in [1.165, 1.54) is 0 Å². The molecular weight excluding hydrogens is 602 g/mol. The lowest BCUT2D eigenvalue weighted by atomic mass is 9.74. The number of esters is 1. The summed E-state index contributed by atoms with van der Waals surface area (Å²) in [5, 5.41) is 12.9. The van der Waals surface area contributed by atoms with E-state index in [9.17, 15) is 24.3 Å². The molecule has 0 aromatic heterocycles. The molecule has 4 rings (SSSR count). The molecule has 11 heteroatoms. The van der Waals surface area contributed by atoms with Crippen molar-refractivity contribution in [3.8, 4) is 5.75 Å². The fourth-order valence-electron chi connectivity index (χ4n) is 6.72. The third-order valence-corrected chi connectivity index (χ3v) is 9.01. The van der Waals surface area contributed by atoms with Crippen LogP contribution in [0.5, 0.6) is 5.75 Å². The number of carbonyl (C=O) groups is 4. The van der Waals surface area contributed by atoms with Crippen LogP contribution >= 0.6 is 0 Å². The molecule has 2 unspecified atom stereocenters. The number of aliphatic hydroxyl groups is 1. The second kappa shape index (κ2) is 14.9. The Balaban J connectivity index is 1.64. The zero-order valence-electron chi connectivity index (χ0n) is 29.5. The van der Waals surface area contributed by atoms with E-state index in [1.807, 2.05) is 32.0 Å². The molecule has 0 spiro atoms. The molecule has 11 nitrogen and oxygen atoms in total. The molecule has 1 aromatic carbocycles. The first-order valence-electron chi connectivity index (χ1n) is 17.2. The molecule has 2 saturated carbocycles. The SMILES string of the molecule is COCCCN1C(=O)C(C)(C)Oc2ccc(N(C(=O)[C@H]3CC(C(=O)OC(C)(C)C)C[C@@H](C(=O)NC(CO)CC(C)C)C3)C3CC3)cc21. The predicted octanol–water partition coefficient (Wildman–Crippen LogP) is 4.62. The number of ether oxygens (including phenoxy) is 3. The normalized spacial score (nSPS) is 23.1. The predicted molar refractivity (Wildman–Crippen MR) is 179 cm³/mol. The molecule has 47 heavy (non-hydrogen) atoms. The van der Waals surface area contributed by atoms with Gasteiger partial charge in [-0.3, -0.25) is 19.2 Å². The number of carbonyl (C=O) groups excluding carboxylic acids is 4. The van der Waals surface area contributed by atoms with Crippen molar-refractivity contribution in [1.29, 1.82) is 0 Å². The minimum atomic E-state index is -1.04. The van der Waals surface area contributed by atoms with Crippen LogP contribution in [0.2, 0.25) is 0 Å². The maximum Gasteiger partial charge on any atom is 0.309 e. The maximum absolute atomic E-state index is 14.5. The van der Waals surface area contributed by atoms with Crippen LogP contribution in [0.25, 0.3) is 0 Å². The van der Waals surface area contributed by atoms with Gasteiger partial charge in [0.15, 0.2) is 5.60 Å². The summed E-state index contributed by atoms with van der Waals surface area (Å²) in [6.45, 7) is 13.7. The largest absolute Gasteiger partial charge is 0.476 e. The number of nitrogens with one attached hydrogen (secondary N) is 1. The minimum absolute atomic E-state index is 0.0156. The first-order valence-corrected chi connectivity index (χ1v) is 17.2. The van der Waals surface area contributed by atoms with Crippen molar-refractivity contribution >= 4 is 35.1 Å². The lowest BCUT2D eigenvalue weighted by Crippen LogP contribution is -2.53. The van der Waals surface area contributed by atoms with E-state index < -0.39 is 41.0 Å². The number of methoxy groups -OCH3 is 1. The van der Waals surface area contributed by atoms with Crippen LogP contribution in [0.3, 0.4) is 0 Å². The van der Waals surface area contributed by atoms with E-state index >= 15 is 0 Å². The highest BCUT2D eigenvalue weighted by molar-refractivity contribution is 6.04. The lowest BCUT2D eigenvalue weighted by Gasteiger charge is -2.40. The van der Waals surface area contributed by atoms with Crippen LogP contribution in [-0.4, -0.2) is 79.0 Å². The summed E-state index contributed by atoms with van der Waals surface area (Å²) >= 11 is 0. The third kappa shape index (κ3) is 9.25. The summed E-state index contributed by atoms with van der Waals surface area (Å²) in [6, 6.07) is 5.10. The Hall–Kier alpha value is -3.18. The Morgan fingerprint density at radius 3 is 2.36 bits per heavy atom. The maximum atomic E-state index is 14.5. The zero-order valence-corrected chi connectivity index (χ0v) is 29.5. The molecular formula is C36H55N3O8. The number of benzene rings is 1. The quantitative estimate of drug-likeness (QED) is 0.232. The Kier molecular flexibility index (Phi) is 11.6. The van der Waals surface area contributed by atoms with Crippen molar-refractivity contribution in [1.82, 2.24) is 5.32 Å². The molecule has 3 amide bonds. The number of anilines is 2. The highest BCUT2D eigenvalue weighted by Crippen LogP contribution is 2.44. The number of hydrogen-bond donors (Lipinski definition) is 2. The Morgan fingerprint density at radius 1 is 1.11 bits per heavy atom. The van der Waals surface area contributed by atoms with Crippen LogP contribution in [0.4, 0.5) is 11.4 Å². The molecule has 2 aliphatic carbocycles. The number of aliphatic hydroxyl groups excluding tert-OH is 1. The van der Waals surface area contributed by atoms with Gasteiger partial charge in [-0.1, -0.05) is 13.8 Å². The van der Waals surface area contributed by atoms with E-state index in [1.54, 1.807) is 51.5 Å². The molecule has 0 saturated heterocycles. The average Bonchev–Trinajstić information content (AvgIpc) is 3.83. The molecule has 2 N–H and O–H groups in total. The van der Waals surface area contributed by atoms with Gasteiger partial charge in [0.05, 0.1) is 24.3 Å². The average molecular weight is 658 g/mol. The van der Waals surface area contributed by atoms with Crippen molar-refractivity contribution in [2.75, 3.05) is 36.7 Å². The number of amides is 3. The molecule has 3 aliphatic rings. The smallest absolute Gasteiger partial charge is 0.309 e. The second-order valence-electron chi connectivity index (χ2n) is 15.4. The first-order chi connectivity index (χ1) is 22.0. The fourth-order valence-corrected chi connectivity index (χ4v) is 6.72. The molecule has 0 radical (unpaired) electrons. The Bertz CT molecular complexity index is 1300. The van der Waals surface area contributed by atoms with Gasteiger partial charge in [-0.2, -0.15) is 0 Å². The monoisotopic (exact) mass is 657 g/mol. The number of fused-ring (bicyclic) bond motifs is 1. The molecule has 1 aliphatic heterocycles. The summed E-state index contributed by atoms with van der Waals surface area (Å²) in [6.07, 6.45) is 3.77. The van der Waals surface area contributed by atoms with Crippen molar-refractivity contribution in [3.63, 3.8) is 0 Å². The highest BCUT2D eigenvalue weighted by Gasteiger charge is 2.46. The van der Waals surface area contributed by atoms with Gasteiger partial charge in [0, 0.05) is 43.8 Å². The fraction of sp³-hybridized carbons (Fsp3) is 0.722. The molecule has 1 aromatic rings. The van der Waals surface area contributed by atoms with Gasteiger partial charge < -0.3 is 34.4 Å². The molecule has 1 heterocycles. The van der Waals surface area contributed by atoms with Crippen molar-refractivity contribution < 1.29 is 38.5 Å². The van der Waals surface area contributed by atoms with Crippen molar-refractivity contribution in [2.45, 2.75) is 117 Å². The van der Waals surface area contributed by atoms with Crippen molar-refractivity contribution in [3.05, 3.63) is 18.2 Å². The minimum Gasteiger partial charge on any atom is -0.476 e. The van der Waals surface area contributed by atoms with Gasteiger partial charge >= 0.3 is 5.97 Å². The van der Waals surface area contributed by atoms with E-state index in [4.69, 9.17) is 14.2 Å². The highest BCUT2D eigenvalue weighted by atomic mass is 16.6. The Labute approximate surface area is 279 Å². The third-order valence-electron chi connectivity index (χ3n) is 9.01. The van der Waals surface area contributed by atoms with Gasteiger partial charge in [-0.05, 0) is 104 Å². The summed E-state index contributed by atoms with van der Waals surface area (Å²) in [4.78, 5) is 58.4. The van der Waals surface area contributed by atoms with E-state index in [-0.39, 0.29) is 55.6 Å². The van der Waals surface area contributed by atoms with Crippen LogP contribution in [-0.2, 0) is 28.7 Å². The number of rotatable bonds is 13. The van der Waals surface area contributed by atoms with Gasteiger partial charge in [-0.15, -0.1) is 0 Å². The van der Waals surface area contributed by atoms with Crippen LogP contribution < -0.4 is 19.9 Å². The number of nitrogens with zero attached hydrogens (tertiary/aromatic N) is 2. The lowest BCUT2D eigenvalue weighted by molar-refractivity contribution is -0.163. The molecule has 2 fully saturated rings. The first kappa shape index (κ1) is 36.7. The van der Waals surface area contributed by atoms with Gasteiger partial charge in [-0.25, -0.2) is 0 Å². The topological polar surface area (TPSA) is 135 Å². The van der Waals surface area contributed by atoms with Gasteiger partial charge in [0.25, 0.3) is 5.91 Å². The van der Waals surface area contributed by atoms with E-state index in [0.29, 0.717) is 43.1 Å². The van der Waals surface area contributed by atoms with Crippen LogP contribution in [0.15, 0.2) is 18.2 Å².